The Hall–Kier alpha value is -4.40. The highest BCUT2D eigenvalue weighted by molar-refractivity contribution is 6.00. The largest absolute Gasteiger partial charge is 0.480 e. The normalized spacial score (nSPS) is 10.7. The number of benzene rings is 2. The first-order valence-electron chi connectivity index (χ1n) is 8.95. The van der Waals surface area contributed by atoms with Gasteiger partial charge in [-0.3, -0.25) is 19.5 Å². The average molecular weight is 404 g/mol. The van der Waals surface area contributed by atoms with Crippen LogP contribution in [0.4, 0.5) is 0 Å². The van der Waals surface area contributed by atoms with E-state index in [2.05, 4.69) is 15.4 Å². The smallest absolute Gasteiger partial charge is 0.322 e. The number of pyridine rings is 1. The lowest BCUT2D eigenvalue weighted by Gasteiger charge is -2.11. The van der Waals surface area contributed by atoms with Gasteiger partial charge in [-0.15, -0.1) is 0 Å². The van der Waals surface area contributed by atoms with Gasteiger partial charge in [0, 0.05) is 6.07 Å². The first-order chi connectivity index (χ1) is 14.5. The summed E-state index contributed by atoms with van der Waals surface area (Å²) in [7, 11) is 0. The van der Waals surface area contributed by atoms with E-state index in [1.54, 1.807) is 6.07 Å². The summed E-state index contributed by atoms with van der Waals surface area (Å²) in [6.07, 6.45) is 1.30. The Balaban J connectivity index is 1.69. The van der Waals surface area contributed by atoms with Gasteiger partial charge in [-0.1, -0.05) is 42.5 Å². The van der Waals surface area contributed by atoms with Crippen LogP contribution in [0.3, 0.4) is 0 Å². The summed E-state index contributed by atoms with van der Waals surface area (Å²) in [6.45, 7) is -0.612. The van der Waals surface area contributed by atoms with Crippen LogP contribution in [-0.2, 0) is 4.79 Å². The zero-order chi connectivity index (χ0) is 21.1. The molecule has 0 unspecified atom stereocenters. The number of aliphatic carboxylic acids is 1. The Morgan fingerprint density at radius 2 is 1.83 bits per heavy atom. The molecule has 0 saturated heterocycles. The summed E-state index contributed by atoms with van der Waals surface area (Å²) in [5.41, 5.74) is 1.06. The maximum Gasteiger partial charge on any atom is 0.322 e. The number of hydrogen-bond donors (Lipinski definition) is 3. The molecule has 0 aliphatic rings. The number of nitrogens with zero attached hydrogens (tertiary/aromatic N) is 2. The zero-order valence-electron chi connectivity index (χ0n) is 15.5. The second-order valence-electron chi connectivity index (χ2n) is 6.34. The van der Waals surface area contributed by atoms with Crippen LogP contribution in [0, 0.1) is 0 Å². The molecular weight excluding hydrogens is 388 g/mol. The highest BCUT2D eigenvalue weighted by Crippen LogP contribution is 2.27. The van der Waals surface area contributed by atoms with Gasteiger partial charge in [-0.05, 0) is 23.3 Å². The summed E-state index contributed by atoms with van der Waals surface area (Å²) in [5.74, 6) is -1.43. The molecule has 0 saturated carbocycles. The van der Waals surface area contributed by atoms with Crippen molar-refractivity contribution in [3.8, 4) is 22.8 Å². The number of aromatic amines is 1. The van der Waals surface area contributed by atoms with Crippen LogP contribution in [0.1, 0.15) is 10.4 Å². The van der Waals surface area contributed by atoms with E-state index in [0.29, 0.717) is 5.75 Å². The molecule has 0 aliphatic heterocycles. The van der Waals surface area contributed by atoms with Gasteiger partial charge in [0.25, 0.3) is 5.91 Å². The number of amides is 1. The summed E-state index contributed by atoms with van der Waals surface area (Å²) in [5, 5.41) is 13.7. The van der Waals surface area contributed by atoms with Crippen molar-refractivity contribution in [2.24, 2.45) is 0 Å². The number of carboxylic acid groups (broad SMARTS) is 1. The first kappa shape index (κ1) is 18.9. The van der Waals surface area contributed by atoms with E-state index in [1.165, 1.54) is 10.8 Å². The third-order valence-electron chi connectivity index (χ3n) is 4.32. The number of aromatic nitrogens is 3. The van der Waals surface area contributed by atoms with Crippen molar-refractivity contribution in [1.29, 1.82) is 0 Å². The minimum atomic E-state index is -1.22. The van der Waals surface area contributed by atoms with Gasteiger partial charge in [0.2, 0.25) is 11.3 Å². The minimum absolute atomic E-state index is 0.0274. The molecule has 4 aromatic rings. The fraction of sp³-hybridized carbons (Fsp3) is 0.0476. The van der Waals surface area contributed by atoms with Gasteiger partial charge in [0.15, 0.2) is 5.65 Å². The summed E-state index contributed by atoms with van der Waals surface area (Å²) < 4.78 is 7.23. The maximum absolute atomic E-state index is 12.6. The Bertz CT molecular complexity index is 1290. The predicted molar refractivity (Wildman–Crippen MR) is 108 cm³/mol. The van der Waals surface area contributed by atoms with Crippen LogP contribution in [0.15, 0.2) is 71.8 Å². The molecule has 3 N–H and O–H groups in total. The molecular formula is C21H16N4O5. The first-order valence-corrected chi connectivity index (χ1v) is 8.95. The van der Waals surface area contributed by atoms with Crippen LogP contribution in [-0.4, -0.2) is 38.1 Å². The number of H-pyrrole nitrogens is 1. The highest BCUT2D eigenvalue weighted by atomic mass is 16.5. The van der Waals surface area contributed by atoms with Crippen LogP contribution in [0.2, 0.25) is 0 Å². The van der Waals surface area contributed by atoms with Crippen LogP contribution in [0.25, 0.3) is 16.8 Å². The molecule has 9 nitrogen and oxygen atoms in total. The number of ether oxygens (including phenoxy) is 1. The molecule has 2 aromatic heterocycles. The maximum atomic E-state index is 12.6. The minimum Gasteiger partial charge on any atom is -0.480 e. The van der Waals surface area contributed by atoms with Crippen molar-refractivity contribution >= 4 is 17.5 Å². The quantitative estimate of drug-likeness (QED) is 0.453. The topological polar surface area (TPSA) is 126 Å². The number of carbonyl (C=O) groups is 2. The van der Waals surface area contributed by atoms with Crippen molar-refractivity contribution in [1.82, 2.24) is 19.9 Å². The van der Waals surface area contributed by atoms with Crippen molar-refractivity contribution in [2.45, 2.75) is 0 Å². The van der Waals surface area contributed by atoms with Crippen molar-refractivity contribution in [2.75, 3.05) is 6.54 Å². The van der Waals surface area contributed by atoms with E-state index in [9.17, 15) is 14.4 Å². The molecule has 2 aromatic carbocycles. The third-order valence-corrected chi connectivity index (χ3v) is 4.32. The van der Waals surface area contributed by atoms with E-state index in [0.717, 1.165) is 17.2 Å². The molecule has 150 valence electrons. The van der Waals surface area contributed by atoms with E-state index in [4.69, 9.17) is 9.84 Å². The molecule has 0 bridgehead atoms. The van der Waals surface area contributed by atoms with Crippen molar-refractivity contribution in [3.05, 3.63) is 82.8 Å². The molecule has 0 atom stereocenters. The van der Waals surface area contributed by atoms with Crippen molar-refractivity contribution in [3.63, 3.8) is 0 Å². The summed E-state index contributed by atoms with van der Waals surface area (Å²) in [4.78, 5) is 39.5. The molecule has 1 amide bonds. The molecule has 4 rings (SSSR count). The average Bonchev–Trinajstić information content (AvgIpc) is 3.23. The van der Waals surface area contributed by atoms with Crippen LogP contribution < -0.4 is 15.5 Å². The molecule has 9 heteroatoms. The Labute approximate surface area is 169 Å². The lowest BCUT2D eigenvalue weighted by atomic mass is 10.1. The molecule has 0 aliphatic carbocycles. The molecule has 30 heavy (non-hydrogen) atoms. The third kappa shape index (κ3) is 3.76. The van der Waals surface area contributed by atoms with E-state index in [1.807, 2.05) is 48.5 Å². The lowest BCUT2D eigenvalue weighted by molar-refractivity contribution is -0.135. The van der Waals surface area contributed by atoms with Gasteiger partial charge < -0.3 is 15.2 Å². The number of nitrogens with one attached hydrogen (secondary N) is 2. The SMILES string of the molecule is O=C(O)CNC(=O)c1c(=O)cc(Oc2cccc(-c3ccccc3)c2)n2[nH]cnc12. The van der Waals surface area contributed by atoms with E-state index < -0.39 is 23.9 Å². The number of carboxylic acids is 1. The monoisotopic (exact) mass is 404 g/mol. The Morgan fingerprint density at radius 1 is 1.07 bits per heavy atom. The molecule has 0 radical (unpaired) electrons. The molecule has 0 fully saturated rings. The summed E-state index contributed by atoms with van der Waals surface area (Å²) in [6, 6.07) is 18.2. The predicted octanol–water partition coefficient (Wildman–Crippen LogP) is 2.30. The summed E-state index contributed by atoms with van der Waals surface area (Å²) >= 11 is 0. The lowest BCUT2D eigenvalue weighted by Crippen LogP contribution is -2.33. The van der Waals surface area contributed by atoms with Gasteiger partial charge in [-0.25, -0.2) is 9.50 Å². The second-order valence-corrected chi connectivity index (χ2v) is 6.34. The van der Waals surface area contributed by atoms with Gasteiger partial charge in [0.05, 0.1) is 0 Å². The molecule has 0 spiro atoms. The number of carbonyl (C=O) groups excluding carboxylic acids is 1. The zero-order valence-corrected chi connectivity index (χ0v) is 15.5. The van der Waals surface area contributed by atoms with Gasteiger partial charge in [-0.2, -0.15) is 0 Å². The van der Waals surface area contributed by atoms with Crippen LogP contribution >= 0.6 is 0 Å². The standard InChI is InChI=1S/C21H16N4O5/c26-16-10-17(25-20(23-12-24-25)19(16)21(29)22-11-18(27)28)30-15-8-4-7-14(9-15)13-5-2-1-3-6-13/h1-10,12H,11H2,(H,22,29)(H,23,24)(H,27,28). The Morgan fingerprint density at radius 3 is 2.60 bits per heavy atom. The number of rotatable bonds is 6. The highest BCUT2D eigenvalue weighted by Gasteiger charge is 2.20. The second kappa shape index (κ2) is 7.92. The number of hydrogen-bond acceptors (Lipinski definition) is 5. The Kier molecular flexibility index (Phi) is 5.00. The van der Waals surface area contributed by atoms with Gasteiger partial charge in [0.1, 0.15) is 24.2 Å². The van der Waals surface area contributed by atoms with Crippen LogP contribution in [0.5, 0.6) is 11.6 Å². The fourth-order valence-corrected chi connectivity index (χ4v) is 2.99. The van der Waals surface area contributed by atoms with Gasteiger partial charge >= 0.3 is 5.97 Å². The van der Waals surface area contributed by atoms with E-state index >= 15 is 0 Å². The van der Waals surface area contributed by atoms with E-state index in [-0.39, 0.29) is 17.1 Å². The fourth-order valence-electron chi connectivity index (χ4n) is 2.99. The van der Waals surface area contributed by atoms with Crippen molar-refractivity contribution < 1.29 is 19.4 Å². The number of fused-ring (bicyclic) bond motifs is 1. The molecule has 2 heterocycles.